The number of benzene rings is 2. The third-order valence-corrected chi connectivity index (χ3v) is 9.98. The first kappa shape index (κ1) is 37.9. The molecule has 17 heteroatoms. The Hall–Kier alpha value is -5.81. The molecule has 2 aromatic carbocycles. The second-order valence-electron chi connectivity index (χ2n) is 13.5. The Bertz CT molecular complexity index is 1880. The summed E-state index contributed by atoms with van der Waals surface area (Å²) in [6, 6.07) is 17.9. The molecule has 0 unspecified atom stereocenters. The predicted octanol–water partition coefficient (Wildman–Crippen LogP) is 1.80. The van der Waals surface area contributed by atoms with Gasteiger partial charge in [-0.25, -0.2) is 24.5 Å². The number of rotatable bonds is 13. The van der Waals surface area contributed by atoms with Gasteiger partial charge in [-0.05, 0) is 30.4 Å². The van der Waals surface area contributed by atoms with Crippen molar-refractivity contribution in [2.24, 2.45) is 0 Å². The third-order valence-electron chi connectivity index (χ3n) is 9.98. The molecule has 1 saturated heterocycles. The molecule has 286 valence electrons. The molecule has 6 rings (SSSR count). The second-order valence-corrected chi connectivity index (χ2v) is 13.5. The van der Waals surface area contributed by atoms with Crippen LogP contribution in [0.25, 0.3) is 11.2 Å². The average Bonchev–Trinajstić information content (AvgIpc) is 3.73. The van der Waals surface area contributed by atoms with Crippen LogP contribution in [0, 0.1) is 0 Å². The number of carbonyl (C=O) groups excluding carboxylic acids is 3. The molecule has 4 atom stereocenters. The molecule has 0 spiro atoms. The first-order valence-corrected chi connectivity index (χ1v) is 18.2. The SMILES string of the molecule is CCC(=O)N[C@H]1C[C@@H](n2cnc3c(NCC(c4ccccc4)c4ccccc4)nc(C(=O)NCCNC(=O)NC4CCN(C(=O)O)CC4)nc32)[C@H](O)[C@@H]1O. The smallest absolute Gasteiger partial charge is 0.407 e. The van der Waals surface area contributed by atoms with Crippen molar-refractivity contribution in [3.63, 3.8) is 0 Å². The molecule has 3 heterocycles. The van der Waals surface area contributed by atoms with E-state index in [1.54, 1.807) is 11.5 Å². The number of anilines is 1. The molecule has 0 radical (unpaired) electrons. The number of hydrogen-bond donors (Lipinski definition) is 8. The highest BCUT2D eigenvalue weighted by Crippen LogP contribution is 2.34. The molecule has 4 aromatic rings. The zero-order valence-electron chi connectivity index (χ0n) is 29.9. The summed E-state index contributed by atoms with van der Waals surface area (Å²) in [6.07, 6.45) is -0.549. The molecule has 2 aromatic heterocycles. The minimum atomic E-state index is -1.25. The van der Waals surface area contributed by atoms with Crippen LogP contribution in [0.15, 0.2) is 67.0 Å². The van der Waals surface area contributed by atoms with Gasteiger partial charge in [0.25, 0.3) is 5.91 Å². The van der Waals surface area contributed by atoms with Crippen molar-refractivity contribution in [3.8, 4) is 0 Å². The Morgan fingerprint density at radius 1 is 0.870 bits per heavy atom. The highest BCUT2D eigenvalue weighted by atomic mass is 16.4. The van der Waals surface area contributed by atoms with Crippen molar-refractivity contribution >= 4 is 40.9 Å². The normalized spacial score (nSPS) is 20.1. The van der Waals surface area contributed by atoms with Crippen molar-refractivity contribution in [2.45, 2.75) is 68.9 Å². The lowest BCUT2D eigenvalue weighted by Gasteiger charge is -2.30. The third kappa shape index (κ3) is 8.86. The van der Waals surface area contributed by atoms with Gasteiger partial charge in [-0.2, -0.15) is 0 Å². The van der Waals surface area contributed by atoms with Crippen LogP contribution in [-0.2, 0) is 4.79 Å². The van der Waals surface area contributed by atoms with Gasteiger partial charge in [-0.3, -0.25) is 9.59 Å². The fourth-order valence-electron chi connectivity index (χ4n) is 7.00. The maximum atomic E-state index is 13.5. The van der Waals surface area contributed by atoms with Gasteiger partial charge in [0.1, 0.15) is 17.7 Å². The molecular formula is C37H46N10O7. The van der Waals surface area contributed by atoms with Crippen LogP contribution in [0.4, 0.5) is 15.4 Å². The molecule has 2 aliphatic rings. The summed E-state index contributed by atoms with van der Waals surface area (Å²) in [5.41, 5.74) is 2.73. The quantitative estimate of drug-likeness (QED) is 0.0920. The van der Waals surface area contributed by atoms with E-state index in [1.165, 1.54) is 11.2 Å². The van der Waals surface area contributed by atoms with Gasteiger partial charge >= 0.3 is 12.1 Å². The number of hydrogen-bond acceptors (Lipinski definition) is 10. The van der Waals surface area contributed by atoms with E-state index in [4.69, 9.17) is 5.11 Å². The van der Waals surface area contributed by atoms with Crippen LogP contribution in [0.1, 0.15) is 66.3 Å². The monoisotopic (exact) mass is 742 g/mol. The fourth-order valence-corrected chi connectivity index (χ4v) is 7.00. The van der Waals surface area contributed by atoms with E-state index < -0.39 is 42.3 Å². The summed E-state index contributed by atoms with van der Waals surface area (Å²) in [4.78, 5) is 64.4. The lowest BCUT2D eigenvalue weighted by molar-refractivity contribution is -0.122. The molecule has 0 bridgehead atoms. The number of aliphatic hydroxyl groups is 2. The maximum Gasteiger partial charge on any atom is 0.407 e. The number of urea groups is 1. The van der Waals surface area contributed by atoms with E-state index >= 15 is 0 Å². The Morgan fingerprint density at radius 3 is 2.15 bits per heavy atom. The molecule has 54 heavy (non-hydrogen) atoms. The number of amides is 5. The van der Waals surface area contributed by atoms with Gasteiger partial charge in [0.05, 0.1) is 18.4 Å². The summed E-state index contributed by atoms with van der Waals surface area (Å²) < 4.78 is 1.60. The highest BCUT2D eigenvalue weighted by molar-refractivity contribution is 5.94. The molecule has 17 nitrogen and oxygen atoms in total. The van der Waals surface area contributed by atoms with E-state index in [0.29, 0.717) is 38.0 Å². The summed E-state index contributed by atoms with van der Waals surface area (Å²) >= 11 is 0. The van der Waals surface area contributed by atoms with Gasteiger partial charge in [-0.15, -0.1) is 0 Å². The van der Waals surface area contributed by atoms with Crippen LogP contribution in [-0.4, -0.2) is 121 Å². The van der Waals surface area contributed by atoms with Crippen molar-refractivity contribution in [3.05, 3.63) is 83.9 Å². The number of aromatic nitrogens is 4. The number of imidazole rings is 1. The molecule has 1 saturated carbocycles. The summed E-state index contributed by atoms with van der Waals surface area (Å²) in [7, 11) is 0. The van der Waals surface area contributed by atoms with Crippen LogP contribution in [0.2, 0.25) is 0 Å². The number of likely N-dealkylation sites (tertiary alicyclic amines) is 1. The van der Waals surface area contributed by atoms with Crippen molar-refractivity contribution < 1.29 is 34.5 Å². The van der Waals surface area contributed by atoms with Crippen molar-refractivity contribution in [1.29, 1.82) is 0 Å². The van der Waals surface area contributed by atoms with Gasteiger partial charge in [0, 0.05) is 51.1 Å². The molecule has 5 amide bonds. The number of nitrogens with zero attached hydrogens (tertiary/aromatic N) is 5. The largest absolute Gasteiger partial charge is 0.465 e. The number of fused-ring (bicyclic) bond motifs is 1. The second kappa shape index (κ2) is 17.3. The number of piperidine rings is 1. The molecule has 1 aliphatic heterocycles. The Balaban J connectivity index is 1.20. The predicted molar refractivity (Wildman–Crippen MR) is 198 cm³/mol. The topological polar surface area (TPSA) is 236 Å². The molecule has 1 aliphatic carbocycles. The summed E-state index contributed by atoms with van der Waals surface area (Å²) in [5.74, 6) is -0.848. The average molecular weight is 743 g/mol. The lowest BCUT2D eigenvalue weighted by Crippen LogP contribution is -2.49. The Morgan fingerprint density at radius 2 is 1.52 bits per heavy atom. The number of carbonyl (C=O) groups is 4. The standard InChI is InChI=1S/C37H46N10O7/c1-2-28(48)43-26-19-27(31(50)30(26)49)47-21-41-29-32(40-20-25(22-9-5-3-6-10-22)23-11-7-4-8-12-23)44-33(45-34(29)47)35(51)38-15-16-39-36(52)42-24-13-17-46(18-14-24)37(53)54/h3-12,21,24-27,30-31,49-50H,2,13-20H2,1H3,(H,38,51)(H,43,48)(H,53,54)(H2,39,42,52)(H,40,44,45)/t26-,27+,30+,31-/m0/s1. The van der Waals surface area contributed by atoms with Crippen LogP contribution >= 0.6 is 0 Å². The van der Waals surface area contributed by atoms with Gasteiger partial charge in [0.15, 0.2) is 11.5 Å². The fraction of sp³-hybridized carbons (Fsp3) is 0.432. The summed E-state index contributed by atoms with van der Waals surface area (Å²) in [5, 5.41) is 45.5. The number of carboxylic acid groups (broad SMARTS) is 1. The van der Waals surface area contributed by atoms with Crippen molar-refractivity contribution in [2.75, 3.05) is 38.0 Å². The molecule has 2 fully saturated rings. The minimum absolute atomic E-state index is 0.0591. The summed E-state index contributed by atoms with van der Waals surface area (Å²) in [6.45, 7) is 2.93. The van der Waals surface area contributed by atoms with Gasteiger partial charge in [-0.1, -0.05) is 67.6 Å². The van der Waals surface area contributed by atoms with E-state index in [-0.39, 0.29) is 61.1 Å². The number of nitrogens with one attached hydrogen (secondary N) is 5. The van der Waals surface area contributed by atoms with Gasteiger partial charge in [0.2, 0.25) is 11.7 Å². The highest BCUT2D eigenvalue weighted by Gasteiger charge is 2.44. The van der Waals surface area contributed by atoms with Gasteiger partial charge < -0.3 is 51.4 Å². The first-order chi connectivity index (χ1) is 26.1. The minimum Gasteiger partial charge on any atom is -0.465 e. The van der Waals surface area contributed by atoms with Crippen LogP contribution in [0.3, 0.4) is 0 Å². The van der Waals surface area contributed by atoms with E-state index in [1.807, 2.05) is 60.7 Å². The van der Waals surface area contributed by atoms with Crippen LogP contribution < -0.4 is 26.6 Å². The zero-order chi connectivity index (χ0) is 38.2. The van der Waals surface area contributed by atoms with E-state index in [0.717, 1.165) is 11.1 Å². The maximum absolute atomic E-state index is 13.5. The Labute approximate surface area is 311 Å². The van der Waals surface area contributed by atoms with Crippen molar-refractivity contribution in [1.82, 2.24) is 45.7 Å². The zero-order valence-corrected chi connectivity index (χ0v) is 29.9. The van der Waals surface area contributed by atoms with Crippen LogP contribution in [0.5, 0.6) is 0 Å². The number of aliphatic hydroxyl groups excluding tert-OH is 2. The molecule has 8 N–H and O–H groups in total. The van der Waals surface area contributed by atoms with E-state index in [9.17, 15) is 29.4 Å². The lowest BCUT2D eigenvalue weighted by atomic mass is 9.91. The van der Waals surface area contributed by atoms with E-state index in [2.05, 4.69) is 41.5 Å². The molecular weight excluding hydrogens is 696 g/mol. The Kier molecular flexibility index (Phi) is 12.2. The first-order valence-electron chi connectivity index (χ1n) is 18.2.